The van der Waals surface area contributed by atoms with Crippen molar-refractivity contribution in [1.29, 1.82) is 0 Å². The van der Waals surface area contributed by atoms with Crippen molar-refractivity contribution in [2.24, 2.45) is 0 Å². The summed E-state index contributed by atoms with van der Waals surface area (Å²) in [6.45, 7) is 1.98. The van der Waals surface area contributed by atoms with Crippen LogP contribution < -0.4 is 20.1 Å². The van der Waals surface area contributed by atoms with Crippen LogP contribution in [0.25, 0.3) is 0 Å². The van der Waals surface area contributed by atoms with Crippen molar-refractivity contribution in [3.63, 3.8) is 0 Å². The van der Waals surface area contributed by atoms with Crippen molar-refractivity contribution in [3.05, 3.63) is 53.1 Å². The molecule has 5 nitrogen and oxygen atoms in total. The van der Waals surface area contributed by atoms with E-state index in [1.807, 2.05) is 37.3 Å². The zero-order chi connectivity index (χ0) is 15.7. The number of fused-ring (bicyclic) bond motifs is 1. The third kappa shape index (κ3) is 2.45. The first-order valence-corrected chi connectivity index (χ1v) is 7.02. The summed E-state index contributed by atoms with van der Waals surface area (Å²) in [5.74, 6) is 1.27. The number of nitrogens with one attached hydrogen (secondary N) is 2. The molecule has 0 saturated carbocycles. The van der Waals surface area contributed by atoms with Gasteiger partial charge in [-0.05, 0) is 30.7 Å². The van der Waals surface area contributed by atoms with E-state index in [0.717, 1.165) is 16.8 Å². The van der Waals surface area contributed by atoms with E-state index in [2.05, 4.69) is 10.6 Å². The van der Waals surface area contributed by atoms with Crippen LogP contribution in [0.4, 0.5) is 5.69 Å². The first kappa shape index (κ1) is 14.3. The van der Waals surface area contributed by atoms with E-state index in [4.69, 9.17) is 9.47 Å². The van der Waals surface area contributed by atoms with Gasteiger partial charge in [-0.25, -0.2) is 0 Å². The van der Waals surface area contributed by atoms with Gasteiger partial charge in [-0.15, -0.1) is 0 Å². The number of para-hydroxylation sites is 1. The minimum absolute atomic E-state index is 0.0933. The average molecular weight is 298 g/mol. The smallest absolute Gasteiger partial charge is 0.255 e. The molecule has 114 valence electrons. The zero-order valence-corrected chi connectivity index (χ0v) is 12.8. The van der Waals surface area contributed by atoms with Gasteiger partial charge < -0.3 is 20.1 Å². The highest BCUT2D eigenvalue weighted by Crippen LogP contribution is 2.32. The van der Waals surface area contributed by atoms with Crippen LogP contribution >= 0.6 is 0 Å². The summed E-state index contributed by atoms with van der Waals surface area (Å²) in [7, 11) is 3.20. The maximum Gasteiger partial charge on any atom is 0.255 e. The summed E-state index contributed by atoms with van der Waals surface area (Å²) in [6, 6.07) is 11.2. The monoisotopic (exact) mass is 298 g/mol. The van der Waals surface area contributed by atoms with Crippen molar-refractivity contribution in [1.82, 2.24) is 5.32 Å². The fourth-order valence-electron chi connectivity index (χ4n) is 2.60. The highest BCUT2D eigenvalue weighted by atomic mass is 16.5. The van der Waals surface area contributed by atoms with Gasteiger partial charge in [0.15, 0.2) is 0 Å². The summed E-state index contributed by atoms with van der Waals surface area (Å²) in [5, 5.41) is 6.33. The zero-order valence-electron chi connectivity index (χ0n) is 12.8. The molecule has 5 heteroatoms. The summed E-state index contributed by atoms with van der Waals surface area (Å²) in [6.07, 6.45) is -0.329. The third-order valence-electron chi connectivity index (χ3n) is 3.79. The maximum atomic E-state index is 12.3. The molecule has 3 rings (SSSR count). The Balaban J connectivity index is 2.01. The number of carbonyl (C=O) groups excluding carboxylic acids is 1. The van der Waals surface area contributed by atoms with E-state index in [9.17, 15) is 4.79 Å². The van der Waals surface area contributed by atoms with Crippen LogP contribution in [0.1, 0.15) is 27.7 Å². The van der Waals surface area contributed by atoms with Crippen LogP contribution in [0.5, 0.6) is 11.5 Å². The van der Waals surface area contributed by atoms with E-state index in [1.54, 1.807) is 20.3 Å². The highest BCUT2D eigenvalue weighted by molar-refractivity contribution is 6.02. The average Bonchev–Trinajstić information content (AvgIpc) is 2.55. The fraction of sp³-hybridized carbons (Fsp3) is 0.235. The van der Waals surface area contributed by atoms with Gasteiger partial charge in [0, 0.05) is 11.6 Å². The lowest BCUT2D eigenvalue weighted by atomic mass is 10.0. The number of methoxy groups -OCH3 is 2. The van der Waals surface area contributed by atoms with Gasteiger partial charge in [-0.3, -0.25) is 4.79 Å². The fourth-order valence-corrected chi connectivity index (χ4v) is 2.60. The quantitative estimate of drug-likeness (QED) is 0.915. The number of carbonyl (C=O) groups is 1. The Hall–Kier alpha value is -2.69. The van der Waals surface area contributed by atoms with Crippen LogP contribution in [0, 0.1) is 6.92 Å². The molecule has 0 fully saturated rings. The van der Waals surface area contributed by atoms with Crippen molar-refractivity contribution in [2.75, 3.05) is 19.5 Å². The number of anilines is 1. The Bertz CT molecular complexity index is 706. The van der Waals surface area contributed by atoms with E-state index in [0.29, 0.717) is 17.1 Å². The second-order valence-electron chi connectivity index (χ2n) is 5.19. The molecule has 0 aliphatic carbocycles. The molecular weight excluding hydrogens is 280 g/mol. The molecule has 1 atom stereocenters. The number of hydrogen-bond acceptors (Lipinski definition) is 4. The number of amides is 1. The molecule has 2 aromatic carbocycles. The van der Waals surface area contributed by atoms with Gasteiger partial charge >= 0.3 is 0 Å². The summed E-state index contributed by atoms with van der Waals surface area (Å²) >= 11 is 0. The first-order valence-electron chi connectivity index (χ1n) is 7.02. The minimum Gasteiger partial charge on any atom is -0.497 e. The van der Waals surface area contributed by atoms with Gasteiger partial charge in [0.2, 0.25) is 0 Å². The molecule has 0 aromatic heterocycles. The van der Waals surface area contributed by atoms with Gasteiger partial charge in [-0.1, -0.05) is 12.1 Å². The molecule has 2 N–H and O–H groups in total. The molecular formula is C17H18N2O3. The second kappa shape index (κ2) is 5.60. The van der Waals surface area contributed by atoms with Gasteiger partial charge in [0.25, 0.3) is 5.91 Å². The lowest BCUT2D eigenvalue weighted by Gasteiger charge is -2.29. The molecule has 22 heavy (non-hydrogen) atoms. The molecule has 1 heterocycles. The number of ether oxygens (including phenoxy) is 2. The molecule has 1 aliphatic heterocycles. The first-order chi connectivity index (χ1) is 10.6. The number of aryl methyl sites for hydroxylation is 1. The molecule has 1 amide bonds. The predicted molar refractivity (Wildman–Crippen MR) is 84.6 cm³/mol. The van der Waals surface area contributed by atoms with E-state index in [1.165, 1.54) is 0 Å². The van der Waals surface area contributed by atoms with E-state index in [-0.39, 0.29) is 12.1 Å². The second-order valence-corrected chi connectivity index (χ2v) is 5.19. The minimum atomic E-state index is -0.329. The molecule has 0 unspecified atom stereocenters. The van der Waals surface area contributed by atoms with Crippen molar-refractivity contribution in [3.8, 4) is 11.5 Å². The van der Waals surface area contributed by atoms with E-state index < -0.39 is 0 Å². The molecule has 1 aliphatic rings. The highest BCUT2D eigenvalue weighted by Gasteiger charge is 2.26. The molecule has 0 radical (unpaired) electrons. The van der Waals surface area contributed by atoms with Crippen LogP contribution in [0.3, 0.4) is 0 Å². The molecule has 0 bridgehead atoms. The lowest BCUT2D eigenvalue weighted by molar-refractivity contribution is 0.0935. The maximum absolute atomic E-state index is 12.3. The summed E-state index contributed by atoms with van der Waals surface area (Å²) < 4.78 is 10.6. The van der Waals surface area contributed by atoms with Crippen LogP contribution in [-0.4, -0.2) is 20.1 Å². The van der Waals surface area contributed by atoms with Crippen molar-refractivity contribution in [2.45, 2.75) is 13.1 Å². The number of benzene rings is 2. The Kier molecular flexibility index (Phi) is 3.63. The van der Waals surface area contributed by atoms with Crippen molar-refractivity contribution < 1.29 is 14.3 Å². The molecule has 0 saturated heterocycles. The Morgan fingerprint density at radius 2 is 1.68 bits per heavy atom. The molecule has 2 aromatic rings. The topological polar surface area (TPSA) is 59.6 Å². The Labute approximate surface area is 129 Å². The molecule has 0 spiro atoms. The largest absolute Gasteiger partial charge is 0.497 e. The van der Waals surface area contributed by atoms with Gasteiger partial charge in [-0.2, -0.15) is 0 Å². The third-order valence-corrected chi connectivity index (χ3v) is 3.79. The van der Waals surface area contributed by atoms with Crippen molar-refractivity contribution >= 4 is 11.6 Å². The standard InChI is InChI=1S/C17H18N2O3/c1-10-5-4-6-14-15(10)18-16(19-17(14)20)11-7-12(21-2)9-13(8-11)22-3/h4-9,16,18H,1-3H3,(H,19,20)/t16-/m0/s1. The summed E-state index contributed by atoms with van der Waals surface area (Å²) in [5.41, 5.74) is 3.43. The van der Waals surface area contributed by atoms with Gasteiger partial charge in [0.1, 0.15) is 17.7 Å². The van der Waals surface area contributed by atoms with E-state index >= 15 is 0 Å². The summed E-state index contributed by atoms with van der Waals surface area (Å²) in [4.78, 5) is 12.3. The van der Waals surface area contributed by atoms with Crippen LogP contribution in [0.2, 0.25) is 0 Å². The van der Waals surface area contributed by atoms with Crippen LogP contribution in [0.15, 0.2) is 36.4 Å². The predicted octanol–water partition coefficient (Wildman–Crippen LogP) is 2.87. The van der Waals surface area contributed by atoms with Crippen LogP contribution in [-0.2, 0) is 0 Å². The Morgan fingerprint density at radius 1 is 1.00 bits per heavy atom. The normalized spacial score (nSPS) is 16.3. The Morgan fingerprint density at radius 3 is 2.32 bits per heavy atom. The van der Waals surface area contributed by atoms with Gasteiger partial charge in [0.05, 0.1) is 25.5 Å². The number of rotatable bonds is 3. The SMILES string of the molecule is COc1cc(OC)cc([C@@H]2NC(=O)c3cccc(C)c3N2)c1. The number of hydrogen-bond donors (Lipinski definition) is 2. The lowest BCUT2D eigenvalue weighted by Crippen LogP contribution is -2.38.